The van der Waals surface area contributed by atoms with Crippen LogP contribution in [0.3, 0.4) is 0 Å². The maximum atomic E-state index is 12.7. The minimum absolute atomic E-state index is 0.0244. The third-order valence-corrected chi connectivity index (χ3v) is 6.33. The second-order valence-electron chi connectivity index (χ2n) is 6.98. The Balaban J connectivity index is 1.67. The number of halogens is 1. The molecule has 2 N–H and O–H groups in total. The number of aromatic nitrogens is 2. The fraction of sp³-hybridized carbons (Fsp3) is 0.368. The zero-order valence-electron chi connectivity index (χ0n) is 14.1. The first-order valence-electron chi connectivity index (χ1n) is 8.70. The van der Waals surface area contributed by atoms with E-state index in [-0.39, 0.29) is 5.56 Å². The number of hydrogen-bond donors (Lipinski definition) is 2. The predicted octanol–water partition coefficient (Wildman–Crippen LogP) is 3.23. The molecule has 1 aliphatic heterocycles. The van der Waals surface area contributed by atoms with E-state index in [1.54, 1.807) is 11.3 Å². The normalized spacial score (nSPS) is 20.9. The van der Waals surface area contributed by atoms with Gasteiger partial charge in [-0.15, -0.1) is 11.3 Å². The van der Waals surface area contributed by atoms with E-state index in [2.05, 4.69) is 27.8 Å². The highest BCUT2D eigenvalue weighted by Crippen LogP contribution is 2.31. The van der Waals surface area contributed by atoms with Crippen molar-refractivity contribution in [1.82, 2.24) is 9.97 Å². The average molecular weight is 419 g/mol. The lowest BCUT2D eigenvalue weighted by Crippen LogP contribution is -3.12. The Bertz CT molecular complexity index is 947. The Morgan fingerprint density at radius 1 is 1.36 bits per heavy atom. The highest BCUT2D eigenvalue weighted by molar-refractivity contribution is 9.10. The Morgan fingerprint density at radius 2 is 2.16 bits per heavy atom. The fourth-order valence-electron chi connectivity index (χ4n) is 3.71. The molecule has 2 aromatic heterocycles. The maximum absolute atomic E-state index is 12.7. The smallest absolute Gasteiger partial charge is 0.260 e. The molecule has 0 saturated carbocycles. The number of rotatable bonds is 3. The summed E-state index contributed by atoms with van der Waals surface area (Å²) in [6, 6.07) is 8.04. The minimum Gasteiger partial charge on any atom is -0.328 e. The van der Waals surface area contributed by atoms with Crippen LogP contribution in [0.2, 0.25) is 0 Å². The van der Waals surface area contributed by atoms with Gasteiger partial charge in [0.05, 0.1) is 18.5 Å². The molecule has 0 amide bonds. The molecule has 1 saturated heterocycles. The lowest BCUT2D eigenvalue weighted by atomic mass is 10.0. The van der Waals surface area contributed by atoms with Gasteiger partial charge in [0.1, 0.15) is 11.4 Å². The SMILES string of the molecule is C[C@@H]1CCC[NH+](Cc2nc3scc(-c4ccc(Br)cc4)c3c(=O)[nH]2)C1. The Morgan fingerprint density at radius 3 is 2.92 bits per heavy atom. The summed E-state index contributed by atoms with van der Waals surface area (Å²) in [5, 5.41) is 2.74. The van der Waals surface area contributed by atoms with E-state index >= 15 is 0 Å². The van der Waals surface area contributed by atoms with Crippen molar-refractivity contribution >= 4 is 37.5 Å². The van der Waals surface area contributed by atoms with Gasteiger partial charge in [0.15, 0.2) is 5.82 Å². The minimum atomic E-state index is -0.0244. The maximum Gasteiger partial charge on any atom is 0.260 e. The molecule has 6 heteroatoms. The number of quaternary nitrogens is 1. The van der Waals surface area contributed by atoms with Gasteiger partial charge >= 0.3 is 0 Å². The summed E-state index contributed by atoms with van der Waals surface area (Å²) in [7, 11) is 0. The first kappa shape index (κ1) is 16.9. The van der Waals surface area contributed by atoms with E-state index in [1.807, 2.05) is 29.6 Å². The Hall–Kier alpha value is -1.50. The molecule has 3 heterocycles. The fourth-order valence-corrected chi connectivity index (χ4v) is 4.95. The summed E-state index contributed by atoms with van der Waals surface area (Å²) in [4.78, 5) is 22.9. The molecule has 1 aliphatic rings. The van der Waals surface area contributed by atoms with Crippen molar-refractivity contribution in [1.29, 1.82) is 0 Å². The molecule has 1 unspecified atom stereocenters. The Kier molecular flexibility index (Phi) is 4.75. The molecule has 0 radical (unpaired) electrons. The number of H-pyrrole nitrogens is 1. The topological polar surface area (TPSA) is 50.2 Å². The molecule has 25 heavy (non-hydrogen) atoms. The van der Waals surface area contributed by atoms with Crippen LogP contribution in [0.15, 0.2) is 38.9 Å². The van der Waals surface area contributed by atoms with Gasteiger partial charge in [-0.2, -0.15) is 0 Å². The van der Waals surface area contributed by atoms with E-state index < -0.39 is 0 Å². The summed E-state index contributed by atoms with van der Waals surface area (Å²) >= 11 is 5.01. The van der Waals surface area contributed by atoms with Gasteiger partial charge in [0.2, 0.25) is 0 Å². The van der Waals surface area contributed by atoms with E-state index in [1.165, 1.54) is 24.3 Å². The van der Waals surface area contributed by atoms with Crippen molar-refractivity contribution < 1.29 is 4.90 Å². The van der Waals surface area contributed by atoms with Gasteiger partial charge in [0, 0.05) is 21.3 Å². The van der Waals surface area contributed by atoms with Gasteiger partial charge in [0.25, 0.3) is 5.56 Å². The quantitative estimate of drug-likeness (QED) is 0.685. The Labute approximate surface area is 159 Å². The van der Waals surface area contributed by atoms with Gasteiger partial charge in [-0.05, 0) is 30.5 Å². The van der Waals surface area contributed by atoms with Crippen LogP contribution in [-0.4, -0.2) is 23.1 Å². The van der Waals surface area contributed by atoms with Gasteiger partial charge in [-0.25, -0.2) is 4.98 Å². The van der Waals surface area contributed by atoms with Gasteiger partial charge < -0.3 is 9.88 Å². The number of thiophene rings is 1. The molecule has 4 nitrogen and oxygen atoms in total. The number of benzene rings is 1. The van der Waals surface area contributed by atoms with E-state index in [4.69, 9.17) is 4.98 Å². The van der Waals surface area contributed by atoms with Crippen molar-refractivity contribution in [3.63, 3.8) is 0 Å². The van der Waals surface area contributed by atoms with Crippen LogP contribution in [0.4, 0.5) is 0 Å². The molecule has 0 spiro atoms. The molecule has 2 atom stereocenters. The van der Waals surface area contributed by atoms with Crippen LogP contribution in [0.1, 0.15) is 25.6 Å². The summed E-state index contributed by atoms with van der Waals surface area (Å²) < 4.78 is 1.03. The molecule has 4 rings (SSSR count). The van der Waals surface area contributed by atoms with E-state index in [9.17, 15) is 4.79 Å². The predicted molar refractivity (Wildman–Crippen MR) is 106 cm³/mol. The second-order valence-corrected chi connectivity index (χ2v) is 8.75. The molecule has 3 aromatic rings. The molecule has 1 fully saturated rings. The number of nitrogens with zero attached hydrogens (tertiary/aromatic N) is 1. The molecule has 1 aromatic carbocycles. The van der Waals surface area contributed by atoms with Gasteiger partial charge in [-0.3, -0.25) is 4.79 Å². The summed E-state index contributed by atoms with van der Waals surface area (Å²) in [5.74, 6) is 1.57. The standard InChI is InChI=1S/C19H20BrN3OS/c1-12-3-2-8-23(9-12)10-16-21-18(24)17-15(11-25-19(17)22-16)13-4-6-14(20)7-5-13/h4-7,11-12H,2-3,8-10H2,1H3,(H,21,22,24)/p+1/t12-/m1/s1. The third-order valence-electron chi connectivity index (χ3n) is 4.93. The molecular weight excluding hydrogens is 398 g/mol. The summed E-state index contributed by atoms with van der Waals surface area (Å²) in [6.45, 7) is 5.44. The monoisotopic (exact) mass is 418 g/mol. The molecule has 0 aliphatic carbocycles. The largest absolute Gasteiger partial charge is 0.328 e. The molecule has 0 bridgehead atoms. The lowest BCUT2D eigenvalue weighted by molar-refractivity contribution is -0.922. The number of nitrogens with one attached hydrogen (secondary N) is 2. The van der Waals surface area contributed by atoms with Crippen molar-refractivity contribution in [2.24, 2.45) is 5.92 Å². The molecular formula is C19H21BrN3OS+. The second kappa shape index (κ2) is 7.02. The third kappa shape index (κ3) is 3.57. The number of fused-ring (bicyclic) bond motifs is 1. The average Bonchev–Trinajstić information content (AvgIpc) is 3.00. The van der Waals surface area contributed by atoms with Crippen LogP contribution in [0, 0.1) is 5.92 Å². The zero-order valence-corrected chi connectivity index (χ0v) is 16.5. The van der Waals surface area contributed by atoms with Crippen LogP contribution in [0.5, 0.6) is 0 Å². The first-order valence-corrected chi connectivity index (χ1v) is 10.4. The molecule has 130 valence electrons. The number of hydrogen-bond acceptors (Lipinski definition) is 3. The number of likely N-dealkylation sites (tertiary alicyclic amines) is 1. The van der Waals surface area contributed by atoms with Gasteiger partial charge in [-0.1, -0.05) is 35.0 Å². The zero-order chi connectivity index (χ0) is 17.4. The van der Waals surface area contributed by atoms with Crippen molar-refractivity contribution in [2.45, 2.75) is 26.3 Å². The van der Waals surface area contributed by atoms with Crippen LogP contribution in [-0.2, 0) is 6.54 Å². The van der Waals surface area contributed by atoms with Crippen LogP contribution >= 0.6 is 27.3 Å². The highest BCUT2D eigenvalue weighted by atomic mass is 79.9. The van der Waals surface area contributed by atoms with E-state index in [0.29, 0.717) is 5.39 Å². The first-order chi connectivity index (χ1) is 12.1. The van der Waals surface area contributed by atoms with Crippen molar-refractivity contribution in [3.8, 4) is 11.1 Å². The lowest BCUT2D eigenvalue weighted by Gasteiger charge is -2.27. The van der Waals surface area contributed by atoms with Crippen LogP contribution in [0.25, 0.3) is 21.3 Å². The van der Waals surface area contributed by atoms with Crippen LogP contribution < -0.4 is 10.5 Å². The number of piperidine rings is 1. The summed E-state index contributed by atoms with van der Waals surface area (Å²) in [6.07, 6.45) is 2.57. The van der Waals surface area contributed by atoms with E-state index in [0.717, 1.165) is 45.3 Å². The van der Waals surface area contributed by atoms with Crippen molar-refractivity contribution in [2.75, 3.05) is 13.1 Å². The summed E-state index contributed by atoms with van der Waals surface area (Å²) in [5.41, 5.74) is 1.99. The van der Waals surface area contributed by atoms with Crippen molar-refractivity contribution in [3.05, 3.63) is 50.3 Å². The highest BCUT2D eigenvalue weighted by Gasteiger charge is 2.21. The number of aromatic amines is 1.